The van der Waals surface area contributed by atoms with Crippen LogP contribution in [-0.4, -0.2) is 6.54 Å². The first kappa shape index (κ1) is 15.1. The number of hydrogen-bond acceptors (Lipinski definition) is 2. The summed E-state index contributed by atoms with van der Waals surface area (Å²) in [6, 6.07) is 8.87. The van der Waals surface area contributed by atoms with Gasteiger partial charge in [0.05, 0.1) is 6.04 Å². The summed E-state index contributed by atoms with van der Waals surface area (Å²) < 4.78 is 6.04. The van der Waals surface area contributed by atoms with Crippen LogP contribution >= 0.6 is 0 Å². The summed E-state index contributed by atoms with van der Waals surface area (Å²) in [6.07, 6.45) is 2.29. The van der Waals surface area contributed by atoms with Gasteiger partial charge >= 0.3 is 0 Å². The van der Waals surface area contributed by atoms with Crippen molar-refractivity contribution in [2.75, 3.05) is 6.54 Å². The highest BCUT2D eigenvalue weighted by Gasteiger charge is 2.19. The third kappa shape index (κ3) is 3.86. The lowest BCUT2D eigenvalue weighted by Gasteiger charge is -2.22. The SMILES string of the molecule is CCNC(CCC(C)(C)C)c1cc2cc(C)ccc2o1. The van der Waals surface area contributed by atoms with Crippen LogP contribution in [0.15, 0.2) is 28.7 Å². The summed E-state index contributed by atoms with van der Waals surface area (Å²) in [6.45, 7) is 12.1. The molecule has 0 aliphatic carbocycles. The third-order valence-electron chi connectivity index (χ3n) is 3.67. The first-order valence-electron chi connectivity index (χ1n) is 7.62. The molecule has 0 spiro atoms. The maximum absolute atomic E-state index is 6.04. The monoisotopic (exact) mass is 273 g/mol. The van der Waals surface area contributed by atoms with Crippen LogP contribution in [0.2, 0.25) is 0 Å². The van der Waals surface area contributed by atoms with Crippen molar-refractivity contribution < 1.29 is 4.42 Å². The Morgan fingerprint density at radius 1 is 1.20 bits per heavy atom. The largest absolute Gasteiger partial charge is 0.459 e. The molecule has 110 valence electrons. The van der Waals surface area contributed by atoms with E-state index in [2.05, 4.69) is 64.2 Å². The Kier molecular flexibility index (Phi) is 4.54. The lowest BCUT2D eigenvalue weighted by Crippen LogP contribution is -2.22. The predicted molar refractivity (Wildman–Crippen MR) is 86.1 cm³/mol. The number of aryl methyl sites for hydroxylation is 1. The van der Waals surface area contributed by atoms with Crippen molar-refractivity contribution in [3.8, 4) is 0 Å². The first-order valence-corrected chi connectivity index (χ1v) is 7.62. The topological polar surface area (TPSA) is 25.2 Å². The molecular weight excluding hydrogens is 246 g/mol. The Morgan fingerprint density at radius 3 is 2.60 bits per heavy atom. The van der Waals surface area contributed by atoms with Crippen LogP contribution < -0.4 is 5.32 Å². The van der Waals surface area contributed by atoms with Crippen LogP contribution in [0.3, 0.4) is 0 Å². The standard InChI is InChI=1S/C18H27NO/c1-6-19-15(9-10-18(3,4)5)17-12-14-11-13(2)7-8-16(14)20-17/h7-8,11-12,15,19H,6,9-10H2,1-5H3. The van der Waals surface area contributed by atoms with E-state index in [1.54, 1.807) is 0 Å². The van der Waals surface area contributed by atoms with Crippen LogP contribution in [0, 0.1) is 12.3 Å². The van der Waals surface area contributed by atoms with Gasteiger partial charge in [-0.3, -0.25) is 0 Å². The Hall–Kier alpha value is -1.28. The maximum Gasteiger partial charge on any atom is 0.134 e. The molecule has 0 aliphatic rings. The zero-order valence-electron chi connectivity index (χ0n) is 13.4. The van der Waals surface area contributed by atoms with Gasteiger partial charge in [-0.25, -0.2) is 0 Å². The van der Waals surface area contributed by atoms with Gasteiger partial charge < -0.3 is 9.73 Å². The minimum Gasteiger partial charge on any atom is -0.459 e. The highest BCUT2D eigenvalue weighted by atomic mass is 16.3. The van der Waals surface area contributed by atoms with Gasteiger partial charge in [-0.2, -0.15) is 0 Å². The number of rotatable bonds is 5. The normalized spacial score (nSPS) is 13.8. The van der Waals surface area contributed by atoms with Crippen LogP contribution in [-0.2, 0) is 0 Å². The smallest absolute Gasteiger partial charge is 0.134 e. The summed E-state index contributed by atoms with van der Waals surface area (Å²) in [5.74, 6) is 1.07. The molecule has 2 nitrogen and oxygen atoms in total. The van der Waals surface area contributed by atoms with Gasteiger partial charge in [0, 0.05) is 5.39 Å². The average Bonchev–Trinajstić information content (AvgIpc) is 2.75. The van der Waals surface area contributed by atoms with Gasteiger partial charge in [-0.15, -0.1) is 0 Å². The van der Waals surface area contributed by atoms with E-state index in [0.29, 0.717) is 11.5 Å². The number of hydrogen-bond donors (Lipinski definition) is 1. The van der Waals surface area contributed by atoms with E-state index >= 15 is 0 Å². The second kappa shape index (κ2) is 6.01. The maximum atomic E-state index is 6.04. The van der Waals surface area contributed by atoms with Gasteiger partial charge in [0.15, 0.2) is 0 Å². The van der Waals surface area contributed by atoms with E-state index in [1.165, 1.54) is 17.4 Å². The summed E-state index contributed by atoms with van der Waals surface area (Å²) in [7, 11) is 0. The van der Waals surface area contributed by atoms with Crippen molar-refractivity contribution in [1.29, 1.82) is 0 Å². The fraction of sp³-hybridized carbons (Fsp3) is 0.556. The van der Waals surface area contributed by atoms with Gasteiger partial charge in [0.2, 0.25) is 0 Å². The Balaban J connectivity index is 2.22. The van der Waals surface area contributed by atoms with E-state index in [-0.39, 0.29) is 0 Å². The molecule has 2 rings (SSSR count). The molecule has 0 radical (unpaired) electrons. The van der Waals surface area contributed by atoms with Crippen molar-refractivity contribution >= 4 is 11.0 Å². The van der Waals surface area contributed by atoms with Crippen LogP contribution in [0.25, 0.3) is 11.0 Å². The number of furan rings is 1. The van der Waals surface area contributed by atoms with Crippen molar-refractivity contribution in [1.82, 2.24) is 5.32 Å². The molecule has 0 saturated heterocycles. The van der Waals surface area contributed by atoms with E-state index in [9.17, 15) is 0 Å². The van der Waals surface area contributed by atoms with E-state index in [4.69, 9.17) is 4.42 Å². The molecule has 2 aromatic rings. The highest BCUT2D eigenvalue weighted by molar-refractivity contribution is 5.78. The fourth-order valence-electron chi connectivity index (χ4n) is 2.52. The lowest BCUT2D eigenvalue weighted by atomic mass is 9.88. The molecule has 2 heteroatoms. The molecule has 1 N–H and O–H groups in total. The Morgan fingerprint density at radius 2 is 1.95 bits per heavy atom. The molecule has 1 heterocycles. The molecule has 0 saturated carbocycles. The number of nitrogens with one attached hydrogen (secondary N) is 1. The quantitative estimate of drug-likeness (QED) is 0.808. The molecule has 1 atom stereocenters. The highest BCUT2D eigenvalue weighted by Crippen LogP contribution is 2.31. The van der Waals surface area contributed by atoms with Crippen LogP contribution in [0.5, 0.6) is 0 Å². The van der Waals surface area contributed by atoms with Gasteiger partial charge in [0.25, 0.3) is 0 Å². The Labute approximate surface area is 122 Å². The zero-order valence-corrected chi connectivity index (χ0v) is 13.4. The van der Waals surface area contributed by atoms with Gasteiger partial charge in [-0.05, 0) is 49.9 Å². The second-order valence-electron chi connectivity index (χ2n) is 6.90. The fourth-order valence-corrected chi connectivity index (χ4v) is 2.52. The summed E-state index contributed by atoms with van der Waals surface area (Å²) in [4.78, 5) is 0. The average molecular weight is 273 g/mol. The molecule has 0 fully saturated rings. The number of fused-ring (bicyclic) bond motifs is 1. The molecule has 1 aromatic carbocycles. The van der Waals surface area contributed by atoms with E-state index in [1.807, 2.05) is 0 Å². The minimum absolute atomic E-state index is 0.312. The summed E-state index contributed by atoms with van der Waals surface area (Å²) >= 11 is 0. The van der Waals surface area contributed by atoms with Gasteiger partial charge in [-0.1, -0.05) is 39.3 Å². The van der Waals surface area contributed by atoms with E-state index < -0.39 is 0 Å². The molecule has 0 bridgehead atoms. The van der Waals surface area contributed by atoms with Crippen molar-refractivity contribution in [2.24, 2.45) is 5.41 Å². The minimum atomic E-state index is 0.312. The number of benzene rings is 1. The first-order chi connectivity index (χ1) is 9.39. The molecule has 1 aromatic heterocycles. The second-order valence-corrected chi connectivity index (χ2v) is 6.90. The summed E-state index contributed by atoms with van der Waals surface area (Å²) in [5.41, 5.74) is 2.62. The van der Waals surface area contributed by atoms with Gasteiger partial charge in [0.1, 0.15) is 11.3 Å². The van der Waals surface area contributed by atoms with Crippen LogP contribution in [0.1, 0.15) is 57.9 Å². The predicted octanol–water partition coefficient (Wildman–Crippen LogP) is 5.22. The molecule has 0 amide bonds. The summed E-state index contributed by atoms with van der Waals surface area (Å²) in [5, 5.41) is 4.76. The molecule has 1 unspecified atom stereocenters. The zero-order chi connectivity index (χ0) is 14.8. The molecule has 0 aliphatic heterocycles. The Bertz CT molecular complexity index is 562. The van der Waals surface area contributed by atoms with Crippen molar-refractivity contribution in [3.63, 3.8) is 0 Å². The van der Waals surface area contributed by atoms with Crippen LogP contribution in [0.4, 0.5) is 0 Å². The lowest BCUT2D eigenvalue weighted by molar-refractivity contribution is 0.316. The molecule has 20 heavy (non-hydrogen) atoms. The molecular formula is C18H27NO. The van der Waals surface area contributed by atoms with Crippen molar-refractivity contribution in [3.05, 3.63) is 35.6 Å². The van der Waals surface area contributed by atoms with Crippen molar-refractivity contribution in [2.45, 2.75) is 53.5 Å². The van der Waals surface area contributed by atoms with E-state index in [0.717, 1.165) is 24.3 Å². The third-order valence-corrected chi connectivity index (χ3v) is 3.67.